The lowest BCUT2D eigenvalue weighted by atomic mass is 10.2. The van der Waals surface area contributed by atoms with Crippen molar-refractivity contribution in [2.24, 2.45) is 0 Å². The number of aryl methyl sites for hydroxylation is 1. The molecule has 1 heterocycles. The van der Waals surface area contributed by atoms with Crippen molar-refractivity contribution in [3.8, 4) is 5.69 Å². The van der Waals surface area contributed by atoms with Crippen LogP contribution in [0.5, 0.6) is 0 Å². The second-order valence-electron chi connectivity index (χ2n) is 4.01. The van der Waals surface area contributed by atoms with Crippen LogP contribution >= 0.6 is 0 Å². The molecule has 2 aromatic rings. The van der Waals surface area contributed by atoms with Crippen molar-refractivity contribution < 1.29 is 4.39 Å². The summed E-state index contributed by atoms with van der Waals surface area (Å²) in [7, 11) is 0. The molecule has 0 aliphatic rings. The fraction of sp³-hybridized carbons (Fsp3) is 0.333. The second kappa shape index (κ2) is 4.53. The highest BCUT2D eigenvalue weighted by molar-refractivity contribution is 5.45. The SMILES string of the molecule is CCCc1c(N)nnn1-c1cc(F)ccc1C. The average Bonchev–Trinajstić information content (AvgIpc) is 2.65. The van der Waals surface area contributed by atoms with Crippen LogP contribution in [0.25, 0.3) is 5.69 Å². The number of rotatable bonds is 3. The van der Waals surface area contributed by atoms with Crippen LogP contribution < -0.4 is 5.73 Å². The molecule has 0 saturated heterocycles. The van der Waals surface area contributed by atoms with Crippen molar-refractivity contribution in [1.29, 1.82) is 0 Å². The number of benzene rings is 1. The zero-order valence-corrected chi connectivity index (χ0v) is 9.94. The van der Waals surface area contributed by atoms with E-state index in [0.717, 1.165) is 24.1 Å². The van der Waals surface area contributed by atoms with Crippen LogP contribution in [0.2, 0.25) is 0 Å². The predicted octanol–water partition coefficient (Wildman–Crippen LogP) is 2.25. The molecule has 1 aromatic carbocycles. The van der Waals surface area contributed by atoms with E-state index in [2.05, 4.69) is 17.2 Å². The molecule has 0 radical (unpaired) electrons. The van der Waals surface area contributed by atoms with Gasteiger partial charge in [-0.2, -0.15) is 0 Å². The van der Waals surface area contributed by atoms with E-state index in [0.29, 0.717) is 11.5 Å². The van der Waals surface area contributed by atoms with Crippen molar-refractivity contribution in [3.63, 3.8) is 0 Å². The zero-order valence-electron chi connectivity index (χ0n) is 9.94. The lowest BCUT2D eigenvalue weighted by molar-refractivity contribution is 0.622. The summed E-state index contributed by atoms with van der Waals surface area (Å²) in [6.45, 7) is 3.96. The second-order valence-corrected chi connectivity index (χ2v) is 4.01. The molecule has 0 amide bonds. The molecule has 0 spiro atoms. The number of hydrogen-bond donors (Lipinski definition) is 1. The van der Waals surface area contributed by atoms with Gasteiger partial charge in [-0.1, -0.05) is 24.6 Å². The van der Waals surface area contributed by atoms with Crippen LogP contribution in [0.3, 0.4) is 0 Å². The first-order valence-corrected chi connectivity index (χ1v) is 5.60. The fourth-order valence-corrected chi connectivity index (χ4v) is 1.79. The van der Waals surface area contributed by atoms with E-state index in [1.165, 1.54) is 12.1 Å². The Balaban J connectivity index is 2.56. The van der Waals surface area contributed by atoms with Gasteiger partial charge >= 0.3 is 0 Å². The third kappa shape index (κ3) is 2.13. The molecule has 4 nitrogen and oxygen atoms in total. The molecule has 0 atom stereocenters. The summed E-state index contributed by atoms with van der Waals surface area (Å²) in [6, 6.07) is 4.60. The Morgan fingerprint density at radius 1 is 1.41 bits per heavy atom. The summed E-state index contributed by atoms with van der Waals surface area (Å²) in [5.74, 6) is 0.123. The molecule has 0 aliphatic carbocycles. The van der Waals surface area contributed by atoms with Gasteiger partial charge < -0.3 is 5.73 Å². The minimum absolute atomic E-state index is 0.290. The number of nitrogens with two attached hydrogens (primary N) is 1. The predicted molar refractivity (Wildman–Crippen MR) is 64.5 cm³/mol. The molecule has 90 valence electrons. The van der Waals surface area contributed by atoms with Gasteiger partial charge in [0.15, 0.2) is 5.82 Å². The van der Waals surface area contributed by atoms with Gasteiger partial charge in [-0.15, -0.1) is 5.10 Å². The van der Waals surface area contributed by atoms with Crippen LogP contribution in [-0.2, 0) is 6.42 Å². The minimum Gasteiger partial charge on any atom is -0.381 e. The van der Waals surface area contributed by atoms with E-state index >= 15 is 0 Å². The summed E-state index contributed by atoms with van der Waals surface area (Å²) in [5, 5.41) is 7.83. The molecule has 0 saturated carbocycles. The maximum Gasteiger partial charge on any atom is 0.169 e. The highest BCUT2D eigenvalue weighted by Crippen LogP contribution is 2.20. The van der Waals surface area contributed by atoms with E-state index < -0.39 is 0 Å². The van der Waals surface area contributed by atoms with E-state index in [1.807, 2.05) is 6.92 Å². The van der Waals surface area contributed by atoms with E-state index in [9.17, 15) is 4.39 Å². The smallest absolute Gasteiger partial charge is 0.169 e. The van der Waals surface area contributed by atoms with Gasteiger partial charge in [-0.3, -0.25) is 0 Å². The summed E-state index contributed by atoms with van der Waals surface area (Å²) in [6.07, 6.45) is 1.71. The normalized spacial score (nSPS) is 10.8. The number of nitrogen functional groups attached to an aromatic ring is 1. The molecular weight excluding hydrogens is 219 g/mol. The lowest BCUT2D eigenvalue weighted by Crippen LogP contribution is -2.05. The van der Waals surface area contributed by atoms with E-state index in [1.54, 1.807) is 10.7 Å². The summed E-state index contributed by atoms with van der Waals surface area (Å²) in [5.41, 5.74) is 8.23. The Morgan fingerprint density at radius 3 is 2.88 bits per heavy atom. The first-order chi connectivity index (χ1) is 8.13. The van der Waals surface area contributed by atoms with E-state index in [4.69, 9.17) is 5.73 Å². The van der Waals surface area contributed by atoms with Crippen LogP contribution in [0.1, 0.15) is 24.6 Å². The number of halogens is 1. The number of aromatic nitrogens is 3. The molecule has 2 rings (SSSR count). The summed E-state index contributed by atoms with van der Waals surface area (Å²) in [4.78, 5) is 0. The number of nitrogens with zero attached hydrogens (tertiary/aromatic N) is 3. The van der Waals surface area contributed by atoms with Gasteiger partial charge in [0.2, 0.25) is 0 Å². The zero-order chi connectivity index (χ0) is 12.4. The number of anilines is 1. The van der Waals surface area contributed by atoms with Gasteiger partial charge in [0, 0.05) is 0 Å². The standard InChI is InChI=1S/C12H15FN4/c1-3-4-10-12(14)15-16-17(10)11-7-9(13)6-5-8(11)2/h5-7H,3-4,14H2,1-2H3. The molecular formula is C12H15FN4. The molecule has 2 N–H and O–H groups in total. The summed E-state index contributed by atoms with van der Waals surface area (Å²) < 4.78 is 14.9. The Bertz CT molecular complexity index is 533. The maximum absolute atomic E-state index is 13.3. The Hall–Kier alpha value is -1.91. The Morgan fingerprint density at radius 2 is 2.18 bits per heavy atom. The average molecular weight is 234 g/mol. The van der Waals surface area contributed by atoms with Gasteiger partial charge in [0.25, 0.3) is 0 Å². The van der Waals surface area contributed by atoms with Gasteiger partial charge in [0.1, 0.15) is 5.82 Å². The molecule has 0 unspecified atom stereocenters. The monoisotopic (exact) mass is 234 g/mol. The molecule has 0 fully saturated rings. The van der Waals surface area contributed by atoms with Crippen LogP contribution in [-0.4, -0.2) is 15.0 Å². The molecule has 1 aromatic heterocycles. The highest BCUT2D eigenvalue weighted by atomic mass is 19.1. The third-order valence-corrected chi connectivity index (χ3v) is 2.68. The Labute approximate surface area is 99.2 Å². The number of hydrogen-bond acceptors (Lipinski definition) is 3. The van der Waals surface area contributed by atoms with Gasteiger partial charge in [-0.05, 0) is 31.0 Å². The summed E-state index contributed by atoms with van der Waals surface area (Å²) >= 11 is 0. The van der Waals surface area contributed by atoms with Crippen LogP contribution in [0, 0.1) is 12.7 Å². The van der Waals surface area contributed by atoms with Crippen molar-refractivity contribution in [2.75, 3.05) is 5.73 Å². The molecule has 0 bridgehead atoms. The van der Waals surface area contributed by atoms with Crippen LogP contribution in [0.4, 0.5) is 10.2 Å². The quantitative estimate of drug-likeness (QED) is 0.886. The van der Waals surface area contributed by atoms with E-state index in [-0.39, 0.29) is 5.82 Å². The molecule has 0 aliphatic heterocycles. The van der Waals surface area contributed by atoms with Crippen molar-refractivity contribution in [1.82, 2.24) is 15.0 Å². The first-order valence-electron chi connectivity index (χ1n) is 5.60. The first kappa shape index (κ1) is 11.6. The lowest BCUT2D eigenvalue weighted by Gasteiger charge is -2.08. The minimum atomic E-state index is -0.290. The third-order valence-electron chi connectivity index (χ3n) is 2.68. The van der Waals surface area contributed by atoms with Gasteiger partial charge in [-0.25, -0.2) is 9.07 Å². The van der Waals surface area contributed by atoms with Crippen molar-refractivity contribution >= 4 is 5.82 Å². The van der Waals surface area contributed by atoms with Gasteiger partial charge in [0.05, 0.1) is 11.4 Å². The fourth-order valence-electron chi connectivity index (χ4n) is 1.79. The van der Waals surface area contributed by atoms with Crippen molar-refractivity contribution in [3.05, 3.63) is 35.3 Å². The topological polar surface area (TPSA) is 56.7 Å². The highest BCUT2D eigenvalue weighted by Gasteiger charge is 2.13. The molecule has 17 heavy (non-hydrogen) atoms. The molecule has 5 heteroatoms. The maximum atomic E-state index is 13.3. The largest absolute Gasteiger partial charge is 0.381 e. The Kier molecular flexibility index (Phi) is 3.08. The van der Waals surface area contributed by atoms with Crippen molar-refractivity contribution in [2.45, 2.75) is 26.7 Å². The van der Waals surface area contributed by atoms with Crippen LogP contribution in [0.15, 0.2) is 18.2 Å².